The number of halogens is 1. The summed E-state index contributed by atoms with van der Waals surface area (Å²) in [7, 11) is 0. The summed E-state index contributed by atoms with van der Waals surface area (Å²) >= 11 is 0. The monoisotopic (exact) mass is 440 g/mol. The maximum atomic E-state index is 14.3. The molecule has 0 N–H and O–H groups in total. The number of hydrogen-bond donors (Lipinski definition) is 0. The maximum Gasteiger partial charge on any atom is 0.126 e. The molecule has 1 unspecified atom stereocenters. The first-order valence-electron chi connectivity index (χ1n) is 14.1. The molecule has 1 heteroatoms. The molecule has 32 heavy (non-hydrogen) atoms. The van der Waals surface area contributed by atoms with Gasteiger partial charge < -0.3 is 0 Å². The van der Waals surface area contributed by atoms with Crippen molar-refractivity contribution in [1.82, 2.24) is 0 Å². The molecule has 3 rings (SSSR count). The van der Waals surface area contributed by atoms with Gasteiger partial charge in [-0.3, -0.25) is 0 Å². The summed E-state index contributed by atoms with van der Waals surface area (Å²) < 4.78 is 14.3. The highest BCUT2D eigenvalue weighted by molar-refractivity contribution is 5.25. The van der Waals surface area contributed by atoms with Gasteiger partial charge >= 0.3 is 0 Å². The van der Waals surface area contributed by atoms with Gasteiger partial charge in [0.15, 0.2) is 0 Å². The van der Waals surface area contributed by atoms with Crippen LogP contribution in [0.15, 0.2) is 29.8 Å². The van der Waals surface area contributed by atoms with Gasteiger partial charge in [-0.2, -0.15) is 0 Å². The fourth-order valence-electron chi connectivity index (χ4n) is 6.02. The summed E-state index contributed by atoms with van der Waals surface area (Å²) in [6.45, 7) is 4.48. The van der Waals surface area contributed by atoms with Crippen molar-refractivity contribution in [2.45, 2.75) is 129 Å². The summed E-state index contributed by atoms with van der Waals surface area (Å²) in [6.07, 6.45) is 26.3. The van der Waals surface area contributed by atoms with Gasteiger partial charge in [0.2, 0.25) is 0 Å². The van der Waals surface area contributed by atoms with Crippen molar-refractivity contribution in [3.05, 3.63) is 46.8 Å². The zero-order valence-corrected chi connectivity index (χ0v) is 21.1. The second-order valence-electron chi connectivity index (χ2n) is 11.0. The van der Waals surface area contributed by atoms with Crippen molar-refractivity contribution in [3.8, 4) is 0 Å². The summed E-state index contributed by atoms with van der Waals surface area (Å²) in [6, 6.07) is 5.96. The number of benzene rings is 1. The van der Waals surface area contributed by atoms with E-state index in [9.17, 15) is 4.39 Å². The molecule has 180 valence electrons. The van der Waals surface area contributed by atoms with E-state index in [1.165, 1.54) is 83.5 Å². The topological polar surface area (TPSA) is 0 Å². The van der Waals surface area contributed by atoms with Crippen LogP contribution < -0.4 is 0 Å². The third-order valence-electron chi connectivity index (χ3n) is 8.43. The van der Waals surface area contributed by atoms with Crippen molar-refractivity contribution in [2.24, 2.45) is 17.8 Å². The molecule has 0 radical (unpaired) electrons. The lowest BCUT2D eigenvalue weighted by molar-refractivity contribution is 0.234. The molecule has 1 fully saturated rings. The fourth-order valence-corrected chi connectivity index (χ4v) is 6.02. The number of aryl methyl sites for hydroxylation is 2. The molecule has 0 bridgehead atoms. The molecule has 1 saturated carbocycles. The van der Waals surface area contributed by atoms with Crippen LogP contribution in [0, 0.1) is 23.6 Å². The molecule has 2 aliphatic carbocycles. The molecule has 0 amide bonds. The van der Waals surface area contributed by atoms with Crippen LogP contribution in [-0.4, -0.2) is 0 Å². The van der Waals surface area contributed by atoms with Crippen LogP contribution in [0.1, 0.15) is 128 Å². The molecule has 0 heterocycles. The average molecular weight is 441 g/mol. The van der Waals surface area contributed by atoms with E-state index >= 15 is 0 Å². The minimum atomic E-state index is 0.00336. The van der Waals surface area contributed by atoms with Crippen molar-refractivity contribution < 1.29 is 4.39 Å². The van der Waals surface area contributed by atoms with E-state index in [0.717, 1.165) is 61.0 Å². The Morgan fingerprint density at radius 1 is 0.750 bits per heavy atom. The Labute approximate surface area is 198 Å². The number of rotatable bonds is 13. The molecule has 0 saturated heterocycles. The van der Waals surface area contributed by atoms with Crippen LogP contribution in [0.25, 0.3) is 0 Å². The average Bonchev–Trinajstić information content (AvgIpc) is 2.82. The first kappa shape index (κ1) is 25.5. The smallest absolute Gasteiger partial charge is 0.126 e. The summed E-state index contributed by atoms with van der Waals surface area (Å²) in [5.41, 5.74) is 3.67. The summed E-state index contributed by atoms with van der Waals surface area (Å²) in [5.74, 6) is 2.97. The van der Waals surface area contributed by atoms with E-state index in [0.29, 0.717) is 0 Å². The van der Waals surface area contributed by atoms with E-state index in [-0.39, 0.29) is 5.82 Å². The molecule has 0 aromatic heterocycles. The van der Waals surface area contributed by atoms with Gasteiger partial charge in [0.1, 0.15) is 5.82 Å². The fraction of sp³-hybridized carbons (Fsp3) is 0.742. The van der Waals surface area contributed by atoms with Crippen LogP contribution >= 0.6 is 0 Å². The maximum absolute atomic E-state index is 14.3. The van der Waals surface area contributed by atoms with Gasteiger partial charge in [-0.1, -0.05) is 102 Å². The lowest BCUT2D eigenvalue weighted by atomic mass is 9.76. The van der Waals surface area contributed by atoms with E-state index in [2.05, 4.69) is 26.0 Å². The van der Waals surface area contributed by atoms with Gasteiger partial charge in [0, 0.05) is 0 Å². The molecule has 1 atom stereocenters. The highest BCUT2D eigenvalue weighted by Crippen LogP contribution is 2.37. The minimum Gasteiger partial charge on any atom is -0.207 e. The van der Waals surface area contributed by atoms with Crippen LogP contribution in [0.3, 0.4) is 0 Å². The SMILES string of the molecule is CCCCCC1CCC(CCC2CC=C(CCc3ccc(CCCC)c(F)c3)CC2)CC1. The van der Waals surface area contributed by atoms with Gasteiger partial charge in [0.25, 0.3) is 0 Å². The second kappa shape index (κ2) is 14.2. The van der Waals surface area contributed by atoms with Crippen molar-refractivity contribution >= 4 is 0 Å². The quantitative estimate of drug-likeness (QED) is 0.211. The first-order valence-corrected chi connectivity index (χ1v) is 14.1. The molecule has 1 aromatic carbocycles. The van der Waals surface area contributed by atoms with Gasteiger partial charge in [-0.25, -0.2) is 4.39 Å². The first-order chi connectivity index (χ1) is 15.7. The number of allylic oxidation sites excluding steroid dienone is 2. The van der Waals surface area contributed by atoms with Crippen LogP contribution in [0.5, 0.6) is 0 Å². The van der Waals surface area contributed by atoms with E-state index in [1.807, 2.05) is 6.07 Å². The lowest BCUT2D eigenvalue weighted by Gasteiger charge is -2.30. The van der Waals surface area contributed by atoms with Crippen LogP contribution in [0.4, 0.5) is 4.39 Å². The Morgan fingerprint density at radius 3 is 2.12 bits per heavy atom. The third-order valence-corrected chi connectivity index (χ3v) is 8.43. The molecule has 0 spiro atoms. The van der Waals surface area contributed by atoms with Crippen molar-refractivity contribution in [3.63, 3.8) is 0 Å². The Hall–Kier alpha value is -1.11. The predicted octanol–water partition coefficient (Wildman–Crippen LogP) is 9.99. The molecule has 0 nitrogen and oxygen atoms in total. The zero-order chi connectivity index (χ0) is 22.6. The second-order valence-corrected chi connectivity index (χ2v) is 11.0. The highest BCUT2D eigenvalue weighted by Gasteiger charge is 2.22. The predicted molar refractivity (Wildman–Crippen MR) is 138 cm³/mol. The van der Waals surface area contributed by atoms with Gasteiger partial charge in [0.05, 0.1) is 0 Å². The molecular formula is C31H49F. The Bertz CT molecular complexity index is 680. The summed E-state index contributed by atoms with van der Waals surface area (Å²) in [4.78, 5) is 0. The van der Waals surface area contributed by atoms with E-state index in [4.69, 9.17) is 0 Å². The van der Waals surface area contributed by atoms with Crippen molar-refractivity contribution in [1.29, 1.82) is 0 Å². The number of unbranched alkanes of at least 4 members (excludes halogenated alkanes) is 3. The van der Waals surface area contributed by atoms with E-state index in [1.54, 1.807) is 11.6 Å². The number of hydrogen-bond acceptors (Lipinski definition) is 0. The Balaban J connectivity index is 1.31. The third kappa shape index (κ3) is 8.68. The van der Waals surface area contributed by atoms with Crippen molar-refractivity contribution in [2.75, 3.05) is 0 Å². The normalized spacial score (nSPS) is 23.8. The van der Waals surface area contributed by atoms with Gasteiger partial charge in [-0.05, 0) is 86.3 Å². The molecule has 1 aromatic rings. The molecule has 2 aliphatic rings. The van der Waals surface area contributed by atoms with Gasteiger partial charge in [-0.15, -0.1) is 0 Å². The zero-order valence-electron chi connectivity index (χ0n) is 21.1. The Kier molecular flexibility index (Phi) is 11.3. The minimum absolute atomic E-state index is 0.00336. The highest BCUT2D eigenvalue weighted by atomic mass is 19.1. The van der Waals surface area contributed by atoms with Crippen LogP contribution in [0.2, 0.25) is 0 Å². The Morgan fingerprint density at radius 2 is 1.47 bits per heavy atom. The largest absolute Gasteiger partial charge is 0.207 e. The van der Waals surface area contributed by atoms with E-state index < -0.39 is 0 Å². The standard InChI is InChI=1S/C31H49F/c1-3-5-7-8-25-10-12-26(13-11-25)14-15-27-16-18-28(19-17-27)20-21-29-22-23-30(9-6-4-2)31(32)24-29/h18,22-27H,3-17,19-21H2,1-2H3. The molecular weight excluding hydrogens is 391 g/mol. The summed E-state index contributed by atoms with van der Waals surface area (Å²) in [5, 5.41) is 0. The van der Waals surface area contributed by atoms with Crippen LogP contribution in [-0.2, 0) is 12.8 Å². The molecule has 0 aliphatic heterocycles. The lowest BCUT2D eigenvalue weighted by Crippen LogP contribution is -2.16.